The minimum Gasteiger partial charge on any atom is -0.317 e. The molecule has 0 amide bonds. The zero-order valence-corrected chi connectivity index (χ0v) is 10.2. The van der Waals surface area contributed by atoms with Crippen molar-refractivity contribution in [2.75, 3.05) is 5.43 Å². The van der Waals surface area contributed by atoms with Gasteiger partial charge in [-0.2, -0.15) is 5.10 Å². The Morgan fingerprint density at radius 2 is 2.57 bits per heavy atom. The Kier molecular flexibility index (Phi) is 2.99. The molecule has 2 aromatic heterocycles. The van der Waals surface area contributed by atoms with Gasteiger partial charge in [-0.1, -0.05) is 0 Å². The van der Waals surface area contributed by atoms with Gasteiger partial charge in [0.1, 0.15) is 6.33 Å². The van der Waals surface area contributed by atoms with Crippen molar-refractivity contribution in [3.8, 4) is 0 Å². The summed E-state index contributed by atoms with van der Waals surface area (Å²) >= 11 is 10.1. The van der Waals surface area contributed by atoms with Gasteiger partial charge in [0.25, 0.3) is 0 Å². The minimum atomic E-state index is 0.570. The molecule has 0 aliphatic carbocycles. The first-order valence-electron chi connectivity index (χ1n) is 3.84. The fourth-order valence-corrected chi connectivity index (χ4v) is 2.52. The molecule has 7 heteroatoms. The van der Waals surface area contributed by atoms with Crippen LogP contribution in [0, 0.1) is 4.77 Å². The van der Waals surface area contributed by atoms with Gasteiger partial charge >= 0.3 is 0 Å². The van der Waals surface area contributed by atoms with E-state index in [9.17, 15) is 0 Å². The van der Waals surface area contributed by atoms with E-state index in [0.29, 0.717) is 4.77 Å². The first-order valence-corrected chi connectivity index (χ1v) is 5.92. The van der Waals surface area contributed by atoms with Crippen LogP contribution in [0.2, 0.25) is 0 Å². The monoisotopic (exact) mass is 290 g/mol. The maximum Gasteiger partial charge on any atom is 0.214 e. The summed E-state index contributed by atoms with van der Waals surface area (Å²) in [5.74, 6) is 0. The molecule has 2 rings (SSSR count). The maximum atomic E-state index is 4.98. The van der Waals surface area contributed by atoms with E-state index in [4.69, 9.17) is 12.2 Å². The van der Waals surface area contributed by atoms with E-state index in [1.807, 2.05) is 5.38 Å². The van der Waals surface area contributed by atoms with Crippen LogP contribution in [0.1, 0.15) is 4.88 Å². The molecule has 0 spiro atoms. The zero-order chi connectivity index (χ0) is 9.97. The SMILES string of the molecule is S=c1[nH]ncn1NCc1cc(Br)cs1. The lowest BCUT2D eigenvalue weighted by molar-refractivity contribution is 0.831. The molecule has 14 heavy (non-hydrogen) atoms. The number of H-pyrrole nitrogens is 1. The molecule has 0 aliphatic heterocycles. The molecule has 0 aliphatic rings. The predicted molar refractivity (Wildman–Crippen MR) is 62.5 cm³/mol. The van der Waals surface area contributed by atoms with Crippen LogP contribution in [0.5, 0.6) is 0 Å². The molecule has 2 N–H and O–H groups in total. The van der Waals surface area contributed by atoms with Crippen molar-refractivity contribution in [2.45, 2.75) is 6.54 Å². The lowest BCUT2D eigenvalue weighted by atomic mass is 10.5. The van der Waals surface area contributed by atoms with Crippen molar-refractivity contribution in [1.82, 2.24) is 14.9 Å². The third-order valence-electron chi connectivity index (χ3n) is 1.60. The van der Waals surface area contributed by atoms with E-state index in [0.717, 1.165) is 11.0 Å². The van der Waals surface area contributed by atoms with Crippen molar-refractivity contribution < 1.29 is 0 Å². The fourth-order valence-electron chi connectivity index (χ4n) is 0.970. The van der Waals surface area contributed by atoms with Crippen molar-refractivity contribution in [3.05, 3.63) is 31.9 Å². The van der Waals surface area contributed by atoms with E-state index < -0.39 is 0 Å². The molecule has 0 bridgehead atoms. The number of halogens is 1. The Morgan fingerprint density at radius 1 is 1.71 bits per heavy atom. The average molecular weight is 291 g/mol. The van der Waals surface area contributed by atoms with E-state index in [-0.39, 0.29) is 0 Å². The van der Waals surface area contributed by atoms with Crippen LogP contribution in [-0.2, 0) is 6.54 Å². The third-order valence-corrected chi connectivity index (χ3v) is 3.58. The fraction of sp³-hybridized carbons (Fsp3) is 0.143. The van der Waals surface area contributed by atoms with Crippen molar-refractivity contribution in [3.63, 3.8) is 0 Å². The van der Waals surface area contributed by atoms with Crippen LogP contribution in [-0.4, -0.2) is 14.9 Å². The van der Waals surface area contributed by atoms with E-state index in [1.54, 1.807) is 22.3 Å². The molecule has 74 valence electrons. The Balaban J connectivity index is 2.01. The predicted octanol–water partition coefficient (Wildman–Crippen LogP) is 2.51. The number of nitrogens with zero attached hydrogens (tertiary/aromatic N) is 2. The van der Waals surface area contributed by atoms with Crippen molar-refractivity contribution >= 4 is 39.5 Å². The Labute approximate surface area is 98.1 Å². The minimum absolute atomic E-state index is 0.570. The van der Waals surface area contributed by atoms with Gasteiger partial charge in [0.2, 0.25) is 4.77 Å². The van der Waals surface area contributed by atoms with Gasteiger partial charge in [-0.15, -0.1) is 11.3 Å². The Hall–Kier alpha value is -0.660. The molecule has 2 heterocycles. The lowest BCUT2D eigenvalue weighted by Crippen LogP contribution is -2.12. The third kappa shape index (κ3) is 2.23. The second-order valence-corrected chi connectivity index (χ2v) is 4.90. The summed E-state index contributed by atoms with van der Waals surface area (Å²) in [4.78, 5) is 1.24. The van der Waals surface area contributed by atoms with Gasteiger partial charge < -0.3 is 5.43 Å². The van der Waals surface area contributed by atoms with Crippen LogP contribution < -0.4 is 5.43 Å². The van der Waals surface area contributed by atoms with Gasteiger partial charge in [-0.3, -0.25) is 5.10 Å². The Morgan fingerprint density at radius 3 is 3.14 bits per heavy atom. The van der Waals surface area contributed by atoms with Gasteiger partial charge in [-0.25, -0.2) is 4.68 Å². The standard InChI is InChI=1S/C7H7BrN4S2/c8-5-1-6(14-3-5)2-10-12-4-9-11-7(12)13/h1,3-4,10H,2H2,(H,11,13). The maximum absolute atomic E-state index is 4.98. The summed E-state index contributed by atoms with van der Waals surface area (Å²) in [7, 11) is 0. The molecular weight excluding hydrogens is 284 g/mol. The van der Waals surface area contributed by atoms with Gasteiger partial charge in [0, 0.05) is 14.7 Å². The molecule has 0 saturated carbocycles. The summed E-state index contributed by atoms with van der Waals surface area (Å²) in [6.45, 7) is 0.740. The topological polar surface area (TPSA) is 45.6 Å². The first kappa shape index (κ1) is 9.88. The highest BCUT2D eigenvalue weighted by Gasteiger charge is 1.97. The quantitative estimate of drug-likeness (QED) is 0.854. The van der Waals surface area contributed by atoms with Gasteiger partial charge in [-0.05, 0) is 34.2 Å². The molecule has 0 radical (unpaired) electrons. The van der Waals surface area contributed by atoms with Crippen LogP contribution in [0.25, 0.3) is 0 Å². The van der Waals surface area contributed by atoms with Gasteiger partial charge in [0.15, 0.2) is 0 Å². The molecule has 0 saturated heterocycles. The molecule has 2 aromatic rings. The van der Waals surface area contributed by atoms with Crippen LogP contribution in [0.15, 0.2) is 22.2 Å². The molecular formula is C7H7BrN4S2. The zero-order valence-electron chi connectivity index (χ0n) is 7.03. The van der Waals surface area contributed by atoms with Gasteiger partial charge in [0.05, 0.1) is 6.54 Å². The van der Waals surface area contributed by atoms with E-state index in [2.05, 4.69) is 37.6 Å². The average Bonchev–Trinajstić information content (AvgIpc) is 2.72. The Bertz CT molecular complexity index is 472. The number of rotatable bonds is 3. The summed E-state index contributed by atoms with van der Waals surface area (Å²) in [6.07, 6.45) is 1.62. The second-order valence-electron chi connectivity index (χ2n) is 2.60. The number of hydrogen-bond acceptors (Lipinski definition) is 4. The second kappa shape index (κ2) is 4.24. The van der Waals surface area contributed by atoms with E-state index in [1.165, 1.54) is 4.88 Å². The highest BCUT2D eigenvalue weighted by molar-refractivity contribution is 9.10. The summed E-state index contributed by atoms with van der Waals surface area (Å²) < 4.78 is 3.36. The highest BCUT2D eigenvalue weighted by Crippen LogP contribution is 2.19. The summed E-state index contributed by atoms with van der Waals surface area (Å²) in [5.41, 5.74) is 3.13. The first-order chi connectivity index (χ1) is 6.75. The molecule has 0 atom stereocenters. The molecule has 0 unspecified atom stereocenters. The number of hydrogen-bond donors (Lipinski definition) is 2. The smallest absolute Gasteiger partial charge is 0.214 e. The van der Waals surface area contributed by atoms with Crippen LogP contribution in [0.3, 0.4) is 0 Å². The number of aromatic nitrogens is 3. The number of aromatic amines is 1. The van der Waals surface area contributed by atoms with E-state index >= 15 is 0 Å². The normalized spacial score (nSPS) is 10.4. The van der Waals surface area contributed by atoms with Crippen LogP contribution in [0.4, 0.5) is 0 Å². The number of thiophene rings is 1. The lowest BCUT2D eigenvalue weighted by Gasteiger charge is -2.02. The molecule has 0 fully saturated rings. The van der Waals surface area contributed by atoms with Crippen LogP contribution >= 0.6 is 39.5 Å². The summed E-state index contributed by atoms with van der Waals surface area (Å²) in [5, 5.41) is 8.52. The van der Waals surface area contributed by atoms with Crippen molar-refractivity contribution in [2.24, 2.45) is 0 Å². The summed E-state index contributed by atoms with van der Waals surface area (Å²) in [6, 6.07) is 2.07. The number of nitrogens with one attached hydrogen (secondary N) is 2. The molecule has 4 nitrogen and oxygen atoms in total. The van der Waals surface area contributed by atoms with Crippen molar-refractivity contribution in [1.29, 1.82) is 0 Å². The highest BCUT2D eigenvalue weighted by atomic mass is 79.9. The molecule has 0 aromatic carbocycles. The largest absolute Gasteiger partial charge is 0.317 e.